The third kappa shape index (κ3) is 3.27. The van der Waals surface area contributed by atoms with E-state index in [2.05, 4.69) is 4.57 Å². The fraction of sp³-hybridized carbons (Fsp3) is 0.471. The van der Waals surface area contributed by atoms with Crippen molar-refractivity contribution in [2.24, 2.45) is 4.99 Å². The maximum Gasteiger partial charge on any atom is 0.269 e. The summed E-state index contributed by atoms with van der Waals surface area (Å²) in [6.07, 6.45) is 4.06. The van der Waals surface area contributed by atoms with E-state index in [1.807, 2.05) is 12.3 Å². The van der Waals surface area contributed by atoms with Gasteiger partial charge in [0, 0.05) is 23.6 Å². The molecule has 1 heterocycles. The summed E-state index contributed by atoms with van der Waals surface area (Å²) in [7, 11) is 0. The summed E-state index contributed by atoms with van der Waals surface area (Å²) in [6, 6.07) is 5.09. The molecule has 1 aromatic heterocycles. The van der Waals surface area contributed by atoms with Crippen LogP contribution in [0, 0.1) is 17.0 Å². The summed E-state index contributed by atoms with van der Waals surface area (Å²) in [4.78, 5) is 16.1. The molecule has 128 valence electrons. The minimum absolute atomic E-state index is 0.0750. The number of thiazole rings is 1. The van der Waals surface area contributed by atoms with Crippen LogP contribution in [0.5, 0.6) is 0 Å². The minimum Gasteiger partial charge on any atom is -0.387 e. The maximum atomic E-state index is 10.9. The van der Waals surface area contributed by atoms with E-state index in [0.717, 1.165) is 34.6 Å². The summed E-state index contributed by atoms with van der Waals surface area (Å²) in [5, 5.41) is 22.9. The highest BCUT2D eigenvalue weighted by molar-refractivity contribution is 7.07. The van der Waals surface area contributed by atoms with E-state index >= 15 is 0 Å². The molecular formula is C17H21N3O3S. The largest absolute Gasteiger partial charge is 0.387 e. The Hall–Kier alpha value is -1.99. The van der Waals surface area contributed by atoms with Gasteiger partial charge >= 0.3 is 0 Å². The van der Waals surface area contributed by atoms with Gasteiger partial charge in [0.2, 0.25) is 0 Å². The molecule has 0 unspecified atom stereocenters. The number of aromatic nitrogens is 1. The van der Waals surface area contributed by atoms with Crippen LogP contribution >= 0.6 is 11.3 Å². The lowest BCUT2D eigenvalue weighted by Crippen LogP contribution is -2.22. The zero-order chi connectivity index (χ0) is 17.3. The number of aryl methyl sites for hydroxylation is 1. The molecule has 1 atom stereocenters. The first-order chi connectivity index (χ1) is 11.5. The van der Waals surface area contributed by atoms with E-state index in [9.17, 15) is 15.2 Å². The van der Waals surface area contributed by atoms with Gasteiger partial charge in [0.15, 0.2) is 4.80 Å². The fourth-order valence-electron chi connectivity index (χ4n) is 3.23. The normalized spacial score (nSPS) is 17.4. The van der Waals surface area contributed by atoms with Crippen molar-refractivity contribution >= 4 is 22.7 Å². The molecule has 0 amide bonds. The van der Waals surface area contributed by atoms with Gasteiger partial charge in [0.05, 0.1) is 22.4 Å². The first-order valence-corrected chi connectivity index (χ1v) is 9.03. The molecule has 7 heteroatoms. The van der Waals surface area contributed by atoms with Crippen LogP contribution in [0.2, 0.25) is 0 Å². The van der Waals surface area contributed by atoms with E-state index in [-0.39, 0.29) is 5.69 Å². The van der Waals surface area contributed by atoms with Crippen LogP contribution < -0.4 is 4.80 Å². The van der Waals surface area contributed by atoms with Crippen LogP contribution in [0.15, 0.2) is 28.6 Å². The first-order valence-electron chi connectivity index (χ1n) is 8.15. The van der Waals surface area contributed by atoms with Crippen LogP contribution in [0.4, 0.5) is 11.4 Å². The summed E-state index contributed by atoms with van der Waals surface area (Å²) < 4.78 is 2.16. The number of non-ortho nitro benzene ring substituents is 1. The third-order valence-corrected chi connectivity index (χ3v) is 5.35. The number of aliphatic hydroxyl groups is 1. The topological polar surface area (TPSA) is 80.7 Å². The standard InChI is InChI=1S/C17H21N3O3S/c1-11-9-14(20(22)23)7-8-15(11)18-17-19(13-5-3-4-6-13)16(10-24-17)12(2)21/h7-10,12-13,21H,3-6H2,1-2H3/t12-/m1/s1. The molecule has 0 aliphatic heterocycles. The number of nitrogens with zero attached hydrogens (tertiary/aromatic N) is 3. The molecule has 0 radical (unpaired) electrons. The summed E-state index contributed by atoms with van der Waals surface area (Å²) in [5.41, 5.74) is 2.47. The van der Waals surface area contributed by atoms with Gasteiger partial charge in [-0.25, -0.2) is 4.99 Å². The second-order valence-corrected chi connectivity index (χ2v) is 7.10. The van der Waals surface area contributed by atoms with Gasteiger partial charge in [-0.1, -0.05) is 12.8 Å². The van der Waals surface area contributed by atoms with Crippen LogP contribution in [0.1, 0.15) is 56.0 Å². The molecule has 3 rings (SSSR count). The van der Waals surface area contributed by atoms with E-state index < -0.39 is 11.0 Å². The highest BCUT2D eigenvalue weighted by atomic mass is 32.1. The third-order valence-electron chi connectivity index (χ3n) is 4.49. The van der Waals surface area contributed by atoms with Crippen molar-refractivity contribution in [2.45, 2.75) is 51.7 Å². The van der Waals surface area contributed by atoms with Gasteiger partial charge < -0.3 is 9.67 Å². The molecule has 1 aromatic carbocycles. The van der Waals surface area contributed by atoms with E-state index in [0.29, 0.717) is 6.04 Å². The SMILES string of the molecule is Cc1cc([N+](=O)[O-])ccc1N=c1scc([C@@H](C)O)n1C1CCCC1. The molecule has 1 aliphatic rings. The number of aliphatic hydroxyl groups excluding tert-OH is 1. The van der Waals surface area contributed by atoms with Crippen LogP contribution in [-0.4, -0.2) is 14.6 Å². The number of benzene rings is 1. The van der Waals surface area contributed by atoms with Crippen molar-refractivity contribution in [2.75, 3.05) is 0 Å². The average Bonchev–Trinajstić information content (AvgIpc) is 3.17. The van der Waals surface area contributed by atoms with Gasteiger partial charge in [-0.15, -0.1) is 11.3 Å². The number of nitro groups is 1. The average molecular weight is 347 g/mol. The fourth-order valence-corrected chi connectivity index (χ4v) is 4.28. The van der Waals surface area contributed by atoms with Crippen LogP contribution in [0.25, 0.3) is 0 Å². The summed E-state index contributed by atoms with van der Waals surface area (Å²) in [6.45, 7) is 3.60. The number of hydrogen-bond acceptors (Lipinski definition) is 5. The Kier molecular flexibility index (Phi) is 4.82. The molecule has 24 heavy (non-hydrogen) atoms. The second-order valence-electron chi connectivity index (χ2n) is 6.27. The Balaban J connectivity index is 2.08. The Morgan fingerprint density at radius 2 is 2.12 bits per heavy atom. The van der Waals surface area contributed by atoms with Crippen molar-refractivity contribution in [1.82, 2.24) is 4.57 Å². The highest BCUT2D eigenvalue weighted by Gasteiger charge is 2.22. The lowest BCUT2D eigenvalue weighted by molar-refractivity contribution is -0.384. The molecule has 1 N–H and O–H groups in total. The van der Waals surface area contributed by atoms with Gasteiger partial charge in [-0.2, -0.15) is 0 Å². The molecule has 6 nitrogen and oxygen atoms in total. The van der Waals surface area contributed by atoms with Crippen molar-refractivity contribution in [3.63, 3.8) is 0 Å². The summed E-state index contributed by atoms with van der Waals surface area (Å²) >= 11 is 1.51. The van der Waals surface area contributed by atoms with Gasteiger partial charge in [0.1, 0.15) is 0 Å². The van der Waals surface area contributed by atoms with Gasteiger partial charge in [0.25, 0.3) is 5.69 Å². The number of rotatable bonds is 4. The molecule has 1 aliphatic carbocycles. The molecular weight excluding hydrogens is 326 g/mol. The maximum absolute atomic E-state index is 10.9. The second kappa shape index (κ2) is 6.86. The van der Waals surface area contributed by atoms with Gasteiger partial charge in [-0.3, -0.25) is 10.1 Å². The zero-order valence-corrected chi connectivity index (χ0v) is 14.6. The minimum atomic E-state index is -0.538. The summed E-state index contributed by atoms with van der Waals surface area (Å²) in [5.74, 6) is 0. The predicted molar refractivity (Wildman–Crippen MR) is 93.5 cm³/mol. The quantitative estimate of drug-likeness (QED) is 0.666. The molecule has 0 saturated heterocycles. The number of nitro benzene ring substituents is 1. The Morgan fingerprint density at radius 3 is 2.71 bits per heavy atom. The van der Waals surface area contributed by atoms with E-state index in [1.54, 1.807) is 19.1 Å². The van der Waals surface area contributed by atoms with Crippen molar-refractivity contribution in [1.29, 1.82) is 0 Å². The lowest BCUT2D eigenvalue weighted by Gasteiger charge is -2.17. The van der Waals surface area contributed by atoms with Crippen molar-refractivity contribution in [3.8, 4) is 0 Å². The van der Waals surface area contributed by atoms with Gasteiger partial charge in [-0.05, 0) is 38.3 Å². The van der Waals surface area contributed by atoms with Crippen molar-refractivity contribution < 1.29 is 10.0 Å². The van der Waals surface area contributed by atoms with Crippen LogP contribution in [-0.2, 0) is 0 Å². The lowest BCUT2D eigenvalue weighted by atomic mass is 10.2. The molecule has 2 aromatic rings. The van der Waals surface area contributed by atoms with Crippen LogP contribution in [0.3, 0.4) is 0 Å². The Bertz CT molecular complexity index is 817. The zero-order valence-electron chi connectivity index (χ0n) is 13.8. The Morgan fingerprint density at radius 1 is 1.42 bits per heavy atom. The Labute approximate surface area is 144 Å². The smallest absolute Gasteiger partial charge is 0.269 e. The molecule has 0 spiro atoms. The van der Waals surface area contributed by atoms with Crippen molar-refractivity contribution in [3.05, 3.63) is 49.8 Å². The first kappa shape index (κ1) is 16.9. The van der Waals surface area contributed by atoms with E-state index in [1.165, 1.54) is 30.2 Å². The predicted octanol–water partition coefficient (Wildman–Crippen LogP) is 4.17. The molecule has 1 fully saturated rings. The highest BCUT2D eigenvalue weighted by Crippen LogP contribution is 2.32. The number of hydrogen-bond donors (Lipinski definition) is 1. The molecule has 0 bridgehead atoms. The van der Waals surface area contributed by atoms with E-state index in [4.69, 9.17) is 4.99 Å². The monoisotopic (exact) mass is 347 g/mol. The molecule has 1 saturated carbocycles.